The minimum Gasteiger partial charge on any atom is -0.497 e. The zero-order valence-electron chi connectivity index (χ0n) is 13.8. The molecule has 2 atom stereocenters. The normalized spacial score (nSPS) is 25.0. The van der Waals surface area contributed by atoms with Crippen LogP contribution in [0.1, 0.15) is 18.9 Å². The van der Waals surface area contributed by atoms with Crippen molar-refractivity contribution in [3.05, 3.63) is 29.8 Å². The van der Waals surface area contributed by atoms with Gasteiger partial charge in [-0.25, -0.2) is 0 Å². The molecule has 1 saturated heterocycles. The maximum Gasteiger partial charge on any atom is 0.303 e. The minimum atomic E-state index is -0.664. The molecular weight excluding hydrogens is 282 g/mol. The highest BCUT2D eigenvalue weighted by Gasteiger charge is 2.46. The Labute approximate surface area is 132 Å². The molecule has 0 amide bonds. The van der Waals surface area contributed by atoms with Crippen molar-refractivity contribution in [2.75, 3.05) is 41.0 Å². The van der Waals surface area contributed by atoms with Gasteiger partial charge < -0.3 is 19.1 Å². The average Bonchev–Trinajstić information content (AvgIpc) is 2.48. The van der Waals surface area contributed by atoms with E-state index in [0.29, 0.717) is 19.6 Å². The molecule has 0 aromatic heterocycles. The predicted molar refractivity (Wildman–Crippen MR) is 83.9 cm³/mol. The number of esters is 1. The fraction of sp³-hybridized carbons (Fsp3) is 0.588. The van der Waals surface area contributed by atoms with E-state index in [4.69, 9.17) is 14.2 Å². The number of hydrogen-bond donors (Lipinski definition) is 0. The molecule has 1 aliphatic rings. The first kappa shape index (κ1) is 16.8. The highest BCUT2D eigenvalue weighted by Crippen LogP contribution is 2.41. The lowest BCUT2D eigenvalue weighted by Gasteiger charge is -2.44. The largest absolute Gasteiger partial charge is 0.497 e. The monoisotopic (exact) mass is 307 g/mol. The van der Waals surface area contributed by atoms with Crippen LogP contribution in [0.25, 0.3) is 0 Å². The Balaban J connectivity index is 2.45. The lowest BCUT2D eigenvalue weighted by molar-refractivity contribution is -0.184. The van der Waals surface area contributed by atoms with Gasteiger partial charge in [-0.2, -0.15) is 0 Å². The van der Waals surface area contributed by atoms with Crippen LogP contribution in [0.15, 0.2) is 24.3 Å². The van der Waals surface area contributed by atoms with Crippen LogP contribution < -0.4 is 4.74 Å². The second-order valence-electron chi connectivity index (χ2n) is 6.00. The SMILES string of the molecule is COc1cccc([C@]2(OC(C)=O)CCOC[C@@H]2CN(C)C)c1. The first-order valence-corrected chi connectivity index (χ1v) is 7.54. The van der Waals surface area contributed by atoms with Crippen molar-refractivity contribution in [3.63, 3.8) is 0 Å². The van der Waals surface area contributed by atoms with E-state index >= 15 is 0 Å². The molecule has 1 aromatic rings. The van der Waals surface area contributed by atoms with Crippen LogP contribution >= 0.6 is 0 Å². The molecule has 0 N–H and O–H groups in total. The van der Waals surface area contributed by atoms with Crippen molar-refractivity contribution in [1.29, 1.82) is 0 Å². The first-order chi connectivity index (χ1) is 10.5. The van der Waals surface area contributed by atoms with Gasteiger partial charge in [0.25, 0.3) is 0 Å². The van der Waals surface area contributed by atoms with Crippen LogP contribution in [-0.2, 0) is 19.9 Å². The third-order valence-corrected chi connectivity index (χ3v) is 4.07. The van der Waals surface area contributed by atoms with Gasteiger partial charge in [0.05, 0.1) is 20.3 Å². The molecule has 122 valence electrons. The number of carbonyl (C=O) groups is 1. The molecule has 2 rings (SSSR count). The van der Waals surface area contributed by atoms with E-state index in [-0.39, 0.29) is 11.9 Å². The maximum absolute atomic E-state index is 11.8. The molecular formula is C17H25NO4. The summed E-state index contributed by atoms with van der Waals surface area (Å²) in [7, 11) is 5.66. The summed E-state index contributed by atoms with van der Waals surface area (Å²) in [6.45, 7) is 3.39. The molecule has 5 heteroatoms. The Kier molecular flexibility index (Phi) is 5.42. The maximum atomic E-state index is 11.8. The van der Waals surface area contributed by atoms with Crippen LogP contribution in [0.5, 0.6) is 5.75 Å². The van der Waals surface area contributed by atoms with Crippen molar-refractivity contribution < 1.29 is 19.0 Å². The summed E-state index contributed by atoms with van der Waals surface area (Å²) in [6, 6.07) is 7.78. The Hall–Kier alpha value is -1.59. The van der Waals surface area contributed by atoms with Crippen LogP contribution in [-0.4, -0.2) is 51.8 Å². The molecule has 1 aliphatic heterocycles. The minimum absolute atomic E-state index is 0.0762. The van der Waals surface area contributed by atoms with E-state index in [1.165, 1.54) is 6.92 Å². The fourth-order valence-corrected chi connectivity index (χ4v) is 3.15. The molecule has 0 unspecified atom stereocenters. The van der Waals surface area contributed by atoms with E-state index in [0.717, 1.165) is 17.9 Å². The van der Waals surface area contributed by atoms with Crippen molar-refractivity contribution in [2.45, 2.75) is 18.9 Å². The van der Waals surface area contributed by atoms with Crippen LogP contribution in [0.3, 0.4) is 0 Å². The van der Waals surface area contributed by atoms with E-state index in [9.17, 15) is 4.79 Å². The smallest absolute Gasteiger partial charge is 0.303 e. The molecule has 1 heterocycles. The van der Waals surface area contributed by atoms with E-state index < -0.39 is 5.60 Å². The van der Waals surface area contributed by atoms with Crippen LogP contribution in [0.2, 0.25) is 0 Å². The third kappa shape index (κ3) is 3.59. The Morgan fingerprint density at radius 1 is 1.45 bits per heavy atom. The summed E-state index contributed by atoms with van der Waals surface area (Å²) in [4.78, 5) is 13.9. The zero-order valence-corrected chi connectivity index (χ0v) is 13.8. The third-order valence-electron chi connectivity index (χ3n) is 4.07. The molecule has 0 radical (unpaired) electrons. The lowest BCUT2D eigenvalue weighted by Crippen LogP contribution is -2.49. The van der Waals surface area contributed by atoms with Crippen LogP contribution in [0, 0.1) is 5.92 Å². The van der Waals surface area contributed by atoms with Crippen molar-refractivity contribution in [3.8, 4) is 5.75 Å². The van der Waals surface area contributed by atoms with Gasteiger partial charge in [0, 0.05) is 25.8 Å². The fourth-order valence-electron chi connectivity index (χ4n) is 3.15. The number of hydrogen-bond acceptors (Lipinski definition) is 5. The number of rotatable bonds is 5. The molecule has 0 bridgehead atoms. The number of nitrogens with zero attached hydrogens (tertiary/aromatic N) is 1. The lowest BCUT2D eigenvalue weighted by atomic mass is 9.77. The summed E-state index contributed by atoms with van der Waals surface area (Å²) in [5.74, 6) is 0.569. The highest BCUT2D eigenvalue weighted by atomic mass is 16.6. The number of carbonyl (C=O) groups excluding carboxylic acids is 1. The van der Waals surface area contributed by atoms with E-state index in [2.05, 4.69) is 4.90 Å². The van der Waals surface area contributed by atoms with E-state index in [1.54, 1.807) is 7.11 Å². The molecule has 22 heavy (non-hydrogen) atoms. The molecule has 0 saturated carbocycles. The van der Waals surface area contributed by atoms with Gasteiger partial charge >= 0.3 is 5.97 Å². The standard InChI is InChI=1S/C17H25NO4/c1-13(19)22-17(14-6-5-7-16(10-14)20-4)8-9-21-12-15(17)11-18(2)3/h5-7,10,15H,8-9,11-12H2,1-4H3/t15-,17+/m0/s1. The molecule has 0 spiro atoms. The van der Waals surface area contributed by atoms with Crippen LogP contribution in [0.4, 0.5) is 0 Å². The average molecular weight is 307 g/mol. The molecule has 1 aromatic carbocycles. The summed E-state index contributed by atoms with van der Waals surface area (Å²) in [5, 5.41) is 0. The van der Waals surface area contributed by atoms with Crippen molar-refractivity contribution >= 4 is 5.97 Å². The van der Waals surface area contributed by atoms with Gasteiger partial charge in [0.1, 0.15) is 11.4 Å². The number of ether oxygens (including phenoxy) is 3. The predicted octanol–water partition coefficient (Wildman–Crippen LogP) is 2.05. The van der Waals surface area contributed by atoms with Gasteiger partial charge in [0.15, 0.2) is 0 Å². The van der Waals surface area contributed by atoms with Gasteiger partial charge in [0.2, 0.25) is 0 Å². The Morgan fingerprint density at radius 3 is 2.86 bits per heavy atom. The number of benzene rings is 1. The van der Waals surface area contributed by atoms with Gasteiger partial charge in [-0.1, -0.05) is 12.1 Å². The van der Waals surface area contributed by atoms with Gasteiger partial charge in [-0.05, 0) is 31.8 Å². The van der Waals surface area contributed by atoms with Gasteiger partial charge in [-0.15, -0.1) is 0 Å². The second kappa shape index (κ2) is 7.11. The Morgan fingerprint density at radius 2 is 2.23 bits per heavy atom. The summed E-state index contributed by atoms with van der Waals surface area (Å²) >= 11 is 0. The zero-order chi connectivity index (χ0) is 16.2. The number of methoxy groups -OCH3 is 1. The highest BCUT2D eigenvalue weighted by molar-refractivity contribution is 5.67. The van der Waals surface area contributed by atoms with Crippen molar-refractivity contribution in [2.24, 2.45) is 5.92 Å². The molecule has 1 fully saturated rings. The quantitative estimate of drug-likeness (QED) is 0.779. The second-order valence-corrected chi connectivity index (χ2v) is 6.00. The Bertz CT molecular complexity index is 517. The topological polar surface area (TPSA) is 48.0 Å². The summed E-state index contributed by atoms with van der Waals surface area (Å²) in [5.41, 5.74) is 0.306. The summed E-state index contributed by atoms with van der Waals surface area (Å²) in [6.07, 6.45) is 0.651. The van der Waals surface area contributed by atoms with Gasteiger partial charge in [-0.3, -0.25) is 4.79 Å². The molecule has 5 nitrogen and oxygen atoms in total. The van der Waals surface area contributed by atoms with Crippen molar-refractivity contribution in [1.82, 2.24) is 4.90 Å². The first-order valence-electron chi connectivity index (χ1n) is 7.54. The molecule has 0 aliphatic carbocycles. The summed E-state index contributed by atoms with van der Waals surface area (Å²) < 4.78 is 16.9. The van der Waals surface area contributed by atoms with E-state index in [1.807, 2.05) is 38.4 Å².